The maximum atomic E-state index is 11.8. The first-order valence-corrected chi connectivity index (χ1v) is 7.20. The number of nitrogens with two attached hydrogens (primary N) is 1. The molecule has 1 aliphatic rings. The van der Waals surface area contributed by atoms with Gasteiger partial charge < -0.3 is 15.4 Å². The largest absolute Gasteiger partial charge is 0.377 e. The molecule has 0 heterocycles. The fourth-order valence-electron chi connectivity index (χ4n) is 2.47. The molecule has 1 saturated carbocycles. The smallest absolute Gasteiger partial charge is 0.224 e. The van der Waals surface area contributed by atoms with E-state index in [0.29, 0.717) is 31.6 Å². The standard InChI is InChI=1S/C14H28N2O2/c1-12-6-3-4-7-13(12)18-11-8-14(17)16(2)10-5-9-15/h12-13H,3-11,15H2,1-2H3. The summed E-state index contributed by atoms with van der Waals surface area (Å²) >= 11 is 0. The lowest BCUT2D eigenvalue weighted by Crippen LogP contribution is -2.31. The Morgan fingerprint density at radius 1 is 1.39 bits per heavy atom. The molecule has 0 saturated heterocycles. The zero-order valence-corrected chi connectivity index (χ0v) is 11.9. The molecule has 0 bridgehead atoms. The van der Waals surface area contributed by atoms with E-state index in [1.165, 1.54) is 19.3 Å². The van der Waals surface area contributed by atoms with Gasteiger partial charge in [-0.15, -0.1) is 0 Å². The van der Waals surface area contributed by atoms with E-state index < -0.39 is 0 Å². The van der Waals surface area contributed by atoms with Gasteiger partial charge in [-0.25, -0.2) is 0 Å². The molecular formula is C14H28N2O2. The third kappa shape index (κ3) is 5.36. The maximum absolute atomic E-state index is 11.8. The normalized spacial score (nSPS) is 23.9. The van der Waals surface area contributed by atoms with Crippen LogP contribution in [0.2, 0.25) is 0 Å². The number of carbonyl (C=O) groups excluding carboxylic acids is 1. The SMILES string of the molecule is CC1CCCCC1OCCC(=O)N(C)CCCN. The van der Waals surface area contributed by atoms with Crippen LogP contribution in [0.15, 0.2) is 0 Å². The van der Waals surface area contributed by atoms with E-state index in [1.807, 2.05) is 7.05 Å². The first-order chi connectivity index (χ1) is 8.65. The van der Waals surface area contributed by atoms with Crippen LogP contribution >= 0.6 is 0 Å². The van der Waals surface area contributed by atoms with Crippen molar-refractivity contribution in [3.63, 3.8) is 0 Å². The highest BCUT2D eigenvalue weighted by Crippen LogP contribution is 2.26. The van der Waals surface area contributed by atoms with Gasteiger partial charge in [0, 0.05) is 13.6 Å². The van der Waals surface area contributed by atoms with Crippen LogP contribution in [0.4, 0.5) is 0 Å². The summed E-state index contributed by atoms with van der Waals surface area (Å²) in [6, 6.07) is 0. The van der Waals surface area contributed by atoms with Crippen LogP contribution in [0.3, 0.4) is 0 Å². The molecule has 2 atom stereocenters. The first kappa shape index (κ1) is 15.4. The summed E-state index contributed by atoms with van der Waals surface area (Å²) in [5.41, 5.74) is 5.43. The van der Waals surface area contributed by atoms with E-state index in [4.69, 9.17) is 10.5 Å². The summed E-state index contributed by atoms with van der Waals surface area (Å²) < 4.78 is 5.85. The molecular weight excluding hydrogens is 228 g/mol. The van der Waals surface area contributed by atoms with Gasteiger partial charge in [-0.05, 0) is 31.7 Å². The van der Waals surface area contributed by atoms with Gasteiger partial charge in [0.05, 0.1) is 19.1 Å². The summed E-state index contributed by atoms with van der Waals surface area (Å²) in [5.74, 6) is 0.802. The number of amides is 1. The fourth-order valence-corrected chi connectivity index (χ4v) is 2.47. The summed E-state index contributed by atoms with van der Waals surface area (Å²) in [5, 5.41) is 0. The molecule has 4 nitrogen and oxygen atoms in total. The highest BCUT2D eigenvalue weighted by Gasteiger charge is 2.22. The molecule has 18 heavy (non-hydrogen) atoms. The molecule has 0 aliphatic heterocycles. The molecule has 2 unspecified atom stereocenters. The molecule has 0 spiro atoms. The minimum atomic E-state index is 0.159. The lowest BCUT2D eigenvalue weighted by atomic mass is 9.88. The van der Waals surface area contributed by atoms with Crippen molar-refractivity contribution in [2.45, 2.75) is 51.6 Å². The Morgan fingerprint density at radius 2 is 2.11 bits per heavy atom. The minimum Gasteiger partial charge on any atom is -0.377 e. The van der Waals surface area contributed by atoms with Crippen molar-refractivity contribution in [3.05, 3.63) is 0 Å². The van der Waals surface area contributed by atoms with Gasteiger partial charge in [0.1, 0.15) is 0 Å². The molecule has 2 N–H and O–H groups in total. The van der Waals surface area contributed by atoms with Crippen LogP contribution < -0.4 is 5.73 Å². The second-order valence-corrected chi connectivity index (χ2v) is 5.38. The fraction of sp³-hybridized carbons (Fsp3) is 0.929. The van der Waals surface area contributed by atoms with E-state index in [2.05, 4.69) is 6.92 Å². The monoisotopic (exact) mass is 256 g/mol. The molecule has 1 aliphatic carbocycles. The lowest BCUT2D eigenvalue weighted by Gasteiger charge is -2.28. The third-order valence-corrected chi connectivity index (χ3v) is 3.80. The number of hydrogen-bond donors (Lipinski definition) is 1. The topological polar surface area (TPSA) is 55.6 Å². The Balaban J connectivity index is 2.14. The Labute approximate surface area is 111 Å². The van der Waals surface area contributed by atoms with Gasteiger partial charge in [-0.3, -0.25) is 4.79 Å². The molecule has 4 heteroatoms. The predicted molar refractivity (Wildman–Crippen MR) is 73.3 cm³/mol. The lowest BCUT2D eigenvalue weighted by molar-refractivity contribution is -0.132. The minimum absolute atomic E-state index is 0.159. The number of hydrogen-bond acceptors (Lipinski definition) is 3. The molecule has 0 radical (unpaired) electrons. The second-order valence-electron chi connectivity index (χ2n) is 5.38. The number of rotatable bonds is 7. The zero-order valence-electron chi connectivity index (χ0n) is 11.9. The summed E-state index contributed by atoms with van der Waals surface area (Å²) in [6.07, 6.45) is 6.71. The van der Waals surface area contributed by atoms with E-state index in [1.54, 1.807) is 4.90 Å². The van der Waals surface area contributed by atoms with Gasteiger partial charge >= 0.3 is 0 Å². The van der Waals surface area contributed by atoms with Crippen LogP contribution in [-0.2, 0) is 9.53 Å². The average molecular weight is 256 g/mol. The van der Waals surface area contributed by atoms with Crippen molar-refractivity contribution in [2.75, 3.05) is 26.7 Å². The van der Waals surface area contributed by atoms with Crippen LogP contribution in [0.1, 0.15) is 45.4 Å². The van der Waals surface area contributed by atoms with Crippen molar-refractivity contribution < 1.29 is 9.53 Å². The van der Waals surface area contributed by atoms with Crippen LogP contribution in [0, 0.1) is 5.92 Å². The molecule has 1 fully saturated rings. The van der Waals surface area contributed by atoms with E-state index in [-0.39, 0.29) is 5.91 Å². The molecule has 106 valence electrons. The molecule has 1 rings (SSSR count). The first-order valence-electron chi connectivity index (χ1n) is 7.20. The van der Waals surface area contributed by atoms with E-state index in [9.17, 15) is 4.79 Å². The van der Waals surface area contributed by atoms with Gasteiger partial charge in [-0.2, -0.15) is 0 Å². The van der Waals surface area contributed by atoms with E-state index in [0.717, 1.165) is 19.4 Å². The van der Waals surface area contributed by atoms with Crippen molar-refractivity contribution >= 4 is 5.91 Å². The molecule has 0 aromatic carbocycles. The maximum Gasteiger partial charge on any atom is 0.224 e. The molecule has 1 amide bonds. The van der Waals surface area contributed by atoms with Crippen molar-refractivity contribution in [2.24, 2.45) is 11.7 Å². The molecule has 0 aromatic heterocycles. The molecule has 0 aromatic rings. The van der Waals surface area contributed by atoms with Crippen molar-refractivity contribution in [3.8, 4) is 0 Å². The second kappa shape index (κ2) is 8.48. The van der Waals surface area contributed by atoms with Crippen molar-refractivity contribution in [1.29, 1.82) is 0 Å². The highest BCUT2D eigenvalue weighted by atomic mass is 16.5. The van der Waals surface area contributed by atoms with Crippen LogP contribution in [0.25, 0.3) is 0 Å². The summed E-state index contributed by atoms with van der Waals surface area (Å²) in [4.78, 5) is 13.5. The quantitative estimate of drug-likeness (QED) is 0.755. The Kier molecular flexibility index (Phi) is 7.28. The van der Waals surface area contributed by atoms with Crippen LogP contribution in [0.5, 0.6) is 0 Å². The summed E-state index contributed by atoms with van der Waals surface area (Å²) in [6.45, 7) is 4.18. The van der Waals surface area contributed by atoms with Gasteiger partial charge in [-0.1, -0.05) is 19.8 Å². The van der Waals surface area contributed by atoms with Gasteiger partial charge in [0.15, 0.2) is 0 Å². The van der Waals surface area contributed by atoms with Gasteiger partial charge in [0.2, 0.25) is 5.91 Å². The van der Waals surface area contributed by atoms with Gasteiger partial charge in [0.25, 0.3) is 0 Å². The number of nitrogens with zero attached hydrogens (tertiary/aromatic N) is 1. The Hall–Kier alpha value is -0.610. The highest BCUT2D eigenvalue weighted by molar-refractivity contribution is 5.75. The summed E-state index contributed by atoms with van der Waals surface area (Å²) in [7, 11) is 1.83. The number of ether oxygens (including phenoxy) is 1. The van der Waals surface area contributed by atoms with E-state index >= 15 is 0 Å². The third-order valence-electron chi connectivity index (χ3n) is 3.80. The Bertz CT molecular complexity index is 246. The Morgan fingerprint density at radius 3 is 2.78 bits per heavy atom. The zero-order chi connectivity index (χ0) is 13.4. The number of carbonyl (C=O) groups is 1. The predicted octanol–water partition coefficient (Wildman–Crippen LogP) is 1.78. The van der Waals surface area contributed by atoms with Crippen molar-refractivity contribution in [1.82, 2.24) is 4.90 Å². The van der Waals surface area contributed by atoms with Crippen LogP contribution in [-0.4, -0.2) is 43.7 Å². The average Bonchev–Trinajstić information content (AvgIpc) is 2.38.